The number of sulfone groups is 1. The van der Waals surface area contributed by atoms with E-state index < -0.39 is 9.84 Å². The molecular weight excluding hydrogens is 401 g/mol. The van der Waals surface area contributed by atoms with Crippen LogP contribution < -0.4 is 0 Å². The molecule has 116 valence electrons. The summed E-state index contributed by atoms with van der Waals surface area (Å²) in [6.45, 7) is 2.70. The molecule has 21 heavy (non-hydrogen) atoms. The van der Waals surface area contributed by atoms with Crippen LogP contribution in [-0.4, -0.2) is 43.3 Å². The van der Waals surface area contributed by atoms with Crippen molar-refractivity contribution in [2.75, 3.05) is 18.1 Å². The lowest BCUT2D eigenvalue weighted by atomic mass is 10.1. The Morgan fingerprint density at radius 3 is 2.67 bits per heavy atom. The number of hydrogen-bond acceptors (Lipinski definition) is 3. The Morgan fingerprint density at radius 1 is 1.38 bits per heavy atom. The number of benzene rings is 1. The molecular formula is C15H20INO3S. The van der Waals surface area contributed by atoms with Crippen LogP contribution in [0.15, 0.2) is 24.3 Å². The summed E-state index contributed by atoms with van der Waals surface area (Å²) in [6, 6.07) is 7.28. The highest BCUT2D eigenvalue weighted by atomic mass is 127. The first-order chi connectivity index (χ1) is 9.94. The van der Waals surface area contributed by atoms with Gasteiger partial charge in [-0.3, -0.25) is 4.79 Å². The fourth-order valence-electron chi connectivity index (χ4n) is 2.59. The van der Waals surface area contributed by atoms with Crippen LogP contribution in [0.5, 0.6) is 0 Å². The van der Waals surface area contributed by atoms with Crippen LogP contribution in [0, 0.1) is 3.57 Å². The lowest BCUT2D eigenvalue weighted by Crippen LogP contribution is -2.42. The van der Waals surface area contributed by atoms with Crippen molar-refractivity contribution in [1.82, 2.24) is 4.90 Å². The van der Waals surface area contributed by atoms with E-state index in [1.165, 1.54) is 0 Å². The zero-order chi connectivity index (χ0) is 15.5. The van der Waals surface area contributed by atoms with Gasteiger partial charge in [-0.05, 0) is 47.6 Å². The molecule has 1 aromatic carbocycles. The predicted octanol–water partition coefficient (Wildman–Crippen LogP) is 2.72. The second-order valence-electron chi connectivity index (χ2n) is 5.39. The number of amides is 1. The van der Waals surface area contributed by atoms with Crippen LogP contribution in [0.25, 0.3) is 0 Å². The van der Waals surface area contributed by atoms with Crippen LogP contribution in [0.3, 0.4) is 0 Å². The molecule has 1 aromatic rings. The first kappa shape index (κ1) is 16.7. The van der Waals surface area contributed by atoms with Gasteiger partial charge < -0.3 is 4.90 Å². The Labute approximate surface area is 140 Å². The molecule has 0 aromatic heterocycles. The second-order valence-corrected chi connectivity index (χ2v) is 8.78. The third kappa shape index (κ3) is 4.18. The Hall–Kier alpha value is -0.630. The average molecular weight is 421 g/mol. The van der Waals surface area contributed by atoms with Gasteiger partial charge in [0, 0.05) is 16.2 Å². The van der Waals surface area contributed by atoms with Crippen molar-refractivity contribution in [2.24, 2.45) is 0 Å². The molecule has 0 spiro atoms. The monoisotopic (exact) mass is 421 g/mol. The maximum Gasteiger partial charge on any atom is 0.255 e. The van der Waals surface area contributed by atoms with E-state index in [4.69, 9.17) is 0 Å². The Kier molecular flexibility index (Phi) is 5.65. The normalized spacial score (nSPS) is 20.4. The van der Waals surface area contributed by atoms with Crippen molar-refractivity contribution in [3.05, 3.63) is 33.4 Å². The second kappa shape index (κ2) is 7.09. The van der Waals surface area contributed by atoms with Crippen molar-refractivity contribution in [3.8, 4) is 0 Å². The summed E-state index contributed by atoms with van der Waals surface area (Å²) in [5, 5.41) is 0. The number of unbranched alkanes of at least 4 members (excludes halogenated alkanes) is 1. The topological polar surface area (TPSA) is 54.5 Å². The zero-order valence-corrected chi connectivity index (χ0v) is 15.1. The zero-order valence-electron chi connectivity index (χ0n) is 12.1. The summed E-state index contributed by atoms with van der Waals surface area (Å²) >= 11 is 2.15. The van der Waals surface area contributed by atoms with Crippen LogP contribution >= 0.6 is 22.6 Å². The summed E-state index contributed by atoms with van der Waals surface area (Å²) in [5.41, 5.74) is 0.665. The molecule has 0 unspecified atom stereocenters. The first-order valence-electron chi connectivity index (χ1n) is 7.20. The van der Waals surface area contributed by atoms with Crippen molar-refractivity contribution >= 4 is 38.3 Å². The average Bonchev–Trinajstić information content (AvgIpc) is 2.79. The minimum atomic E-state index is -2.99. The molecule has 4 nitrogen and oxygen atoms in total. The van der Waals surface area contributed by atoms with Gasteiger partial charge in [-0.15, -0.1) is 0 Å². The van der Waals surface area contributed by atoms with E-state index in [1.807, 2.05) is 24.3 Å². The number of halogens is 1. The minimum absolute atomic E-state index is 0.0458. The third-order valence-corrected chi connectivity index (χ3v) is 6.46. The van der Waals surface area contributed by atoms with E-state index in [9.17, 15) is 13.2 Å². The Bertz CT molecular complexity index is 615. The van der Waals surface area contributed by atoms with E-state index in [-0.39, 0.29) is 23.5 Å². The van der Waals surface area contributed by atoms with E-state index in [1.54, 1.807) is 4.90 Å². The molecule has 1 aliphatic heterocycles. The summed E-state index contributed by atoms with van der Waals surface area (Å²) in [6.07, 6.45) is 2.43. The molecule has 1 fully saturated rings. The molecule has 0 saturated carbocycles. The fourth-order valence-corrected chi connectivity index (χ4v) is 4.94. The lowest BCUT2D eigenvalue weighted by molar-refractivity contribution is 0.0693. The summed E-state index contributed by atoms with van der Waals surface area (Å²) in [5.74, 6) is 0.251. The summed E-state index contributed by atoms with van der Waals surface area (Å²) < 4.78 is 24.3. The highest BCUT2D eigenvalue weighted by Gasteiger charge is 2.35. The molecule has 0 radical (unpaired) electrons. The number of carbonyl (C=O) groups excluding carboxylic acids is 1. The predicted molar refractivity (Wildman–Crippen MR) is 92.2 cm³/mol. The van der Waals surface area contributed by atoms with Crippen molar-refractivity contribution in [3.63, 3.8) is 0 Å². The molecule has 1 amide bonds. The van der Waals surface area contributed by atoms with Gasteiger partial charge in [0.1, 0.15) is 0 Å². The van der Waals surface area contributed by atoms with Crippen molar-refractivity contribution < 1.29 is 13.2 Å². The van der Waals surface area contributed by atoms with E-state index in [0.29, 0.717) is 18.5 Å². The van der Waals surface area contributed by atoms with E-state index >= 15 is 0 Å². The quantitative estimate of drug-likeness (QED) is 0.688. The van der Waals surface area contributed by atoms with Crippen LogP contribution in [0.1, 0.15) is 36.5 Å². The fraction of sp³-hybridized carbons (Fsp3) is 0.533. The SMILES string of the molecule is CCCCN(C(=O)c1ccccc1I)[C@@H]1CCS(=O)(=O)C1. The van der Waals surface area contributed by atoms with E-state index in [2.05, 4.69) is 29.5 Å². The highest BCUT2D eigenvalue weighted by Crippen LogP contribution is 2.22. The van der Waals surface area contributed by atoms with Gasteiger partial charge in [0.25, 0.3) is 5.91 Å². The van der Waals surface area contributed by atoms with E-state index in [0.717, 1.165) is 16.4 Å². The molecule has 6 heteroatoms. The Balaban J connectivity index is 2.24. The number of carbonyl (C=O) groups is 1. The van der Waals surface area contributed by atoms with Gasteiger partial charge in [-0.1, -0.05) is 25.5 Å². The standard InChI is InChI=1S/C15H20INO3S/c1-2-3-9-17(12-8-10-21(19,20)11-12)15(18)13-6-4-5-7-14(13)16/h4-7,12H,2-3,8-11H2,1H3/t12-/m1/s1. The maximum atomic E-state index is 12.8. The largest absolute Gasteiger partial charge is 0.335 e. The molecule has 1 saturated heterocycles. The molecule has 0 bridgehead atoms. The molecule has 1 aliphatic rings. The van der Waals surface area contributed by atoms with Crippen LogP contribution in [0.2, 0.25) is 0 Å². The molecule has 1 atom stereocenters. The minimum Gasteiger partial charge on any atom is -0.335 e. The number of hydrogen-bond donors (Lipinski definition) is 0. The van der Waals surface area contributed by atoms with Gasteiger partial charge in [0.05, 0.1) is 17.1 Å². The van der Waals surface area contributed by atoms with Gasteiger partial charge in [-0.2, -0.15) is 0 Å². The van der Waals surface area contributed by atoms with Crippen LogP contribution in [0.4, 0.5) is 0 Å². The first-order valence-corrected chi connectivity index (χ1v) is 10.1. The molecule has 0 aliphatic carbocycles. The smallest absolute Gasteiger partial charge is 0.255 e. The summed E-state index contributed by atoms with van der Waals surface area (Å²) in [4.78, 5) is 14.6. The molecule has 1 heterocycles. The summed E-state index contributed by atoms with van der Waals surface area (Å²) in [7, 11) is -2.99. The highest BCUT2D eigenvalue weighted by molar-refractivity contribution is 14.1. The Morgan fingerprint density at radius 2 is 2.10 bits per heavy atom. The lowest BCUT2D eigenvalue weighted by Gasteiger charge is -2.28. The van der Waals surface area contributed by atoms with Crippen molar-refractivity contribution in [1.29, 1.82) is 0 Å². The third-order valence-electron chi connectivity index (χ3n) is 3.77. The van der Waals surface area contributed by atoms with Crippen molar-refractivity contribution in [2.45, 2.75) is 32.2 Å². The van der Waals surface area contributed by atoms with Gasteiger partial charge in [0.2, 0.25) is 0 Å². The molecule has 0 N–H and O–H groups in total. The maximum absolute atomic E-state index is 12.8. The number of rotatable bonds is 5. The number of nitrogens with zero attached hydrogens (tertiary/aromatic N) is 1. The molecule has 2 rings (SSSR count). The van der Waals surface area contributed by atoms with Gasteiger partial charge in [0.15, 0.2) is 9.84 Å². The van der Waals surface area contributed by atoms with Crippen LogP contribution in [-0.2, 0) is 9.84 Å². The van der Waals surface area contributed by atoms with Gasteiger partial charge in [-0.25, -0.2) is 8.42 Å². The van der Waals surface area contributed by atoms with Gasteiger partial charge >= 0.3 is 0 Å².